The van der Waals surface area contributed by atoms with Crippen LogP contribution in [0.2, 0.25) is 0 Å². The summed E-state index contributed by atoms with van der Waals surface area (Å²) >= 11 is 0. The molecule has 2 saturated heterocycles. The van der Waals surface area contributed by atoms with E-state index in [1.165, 1.54) is 238 Å². The summed E-state index contributed by atoms with van der Waals surface area (Å²) in [4.78, 5) is 13.4. The van der Waals surface area contributed by atoms with Crippen molar-refractivity contribution >= 4 is 5.91 Å². The molecule has 14 nitrogen and oxygen atoms in total. The van der Waals surface area contributed by atoms with E-state index in [-0.39, 0.29) is 18.9 Å². The highest BCUT2D eigenvalue weighted by molar-refractivity contribution is 5.76. The molecule has 12 atom stereocenters. The van der Waals surface area contributed by atoms with Crippen LogP contribution in [0.1, 0.15) is 354 Å². The summed E-state index contributed by atoms with van der Waals surface area (Å²) in [5.41, 5.74) is 0. The van der Waals surface area contributed by atoms with Gasteiger partial charge in [-0.3, -0.25) is 4.79 Å². The third-order valence-corrected chi connectivity index (χ3v) is 20.0. The molecule has 12 unspecified atom stereocenters. The Kier molecular flexibility index (Phi) is 65.1. The summed E-state index contributed by atoms with van der Waals surface area (Å²) in [7, 11) is 0. The quantitative estimate of drug-likeness (QED) is 0.0204. The van der Waals surface area contributed by atoms with Crippen molar-refractivity contribution in [3.8, 4) is 0 Å². The summed E-state index contributed by atoms with van der Waals surface area (Å²) in [6.45, 7) is 2.73. The minimum atomic E-state index is -1.79. The van der Waals surface area contributed by atoms with Crippen LogP contribution in [0.5, 0.6) is 0 Å². The van der Waals surface area contributed by atoms with Crippen LogP contribution in [0.4, 0.5) is 0 Å². The van der Waals surface area contributed by atoms with E-state index in [2.05, 4.69) is 104 Å². The molecule has 0 bridgehead atoms. The molecule has 0 aromatic carbocycles. The van der Waals surface area contributed by atoms with Crippen molar-refractivity contribution < 1.29 is 64.6 Å². The zero-order valence-electron chi connectivity index (χ0n) is 64.4. The number of aliphatic hydroxyl groups is 8. The number of carbonyl (C=O) groups excluding carboxylic acids is 1. The molecular formula is C87H155NO13. The lowest BCUT2D eigenvalue weighted by Gasteiger charge is -2.46. The second kappa shape index (κ2) is 69.9. The summed E-state index contributed by atoms with van der Waals surface area (Å²) < 4.78 is 22.9. The van der Waals surface area contributed by atoms with Crippen LogP contribution >= 0.6 is 0 Å². The largest absolute Gasteiger partial charge is 0.394 e. The summed E-state index contributed by atoms with van der Waals surface area (Å²) in [6, 6.07) is -0.923. The normalized spacial score (nSPS) is 22.2. The average molecular weight is 1420 g/mol. The van der Waals surface area contributed by atoms with E-state index in [4.69, 9.17) is 18.9 Å². The van der Waals surface area contributed by atoms with E-state index < -0.39 is 86.8 Å². The Morgan fingerprint density at radius 1 is 0.366 bits per heavy atom. The zero-order chi connectivity index (χ0) is 73.0. The number of hydrogen-bond acceptors (Lipinski definition) is 13. The van der Waals surface area contributed by atoms with Gasteiger partial charge in [0.1, 0.15) is 48.8 Å². The maximum atomic E-state index is 13.4. The van der Waals surface area contributed by atoms with Crippen LogP contribution < -0.4 is 5.32 Å². The number of ether oxygens (including phenoxy) is 4. The minimum absolute atomic E-state index is 0.239. The van der Waals surface area contributed by atoms with Crippen molar-refractivity contribution in [2.24, 2.45) is 0 Å². The molecule has 2 aliphatic rings. The Labute approximate surface area is 617 Å². The van der Waals surface area contributed by atoms with Crippen molar-refractivity contribution in [1.82, 2.24) is 5.32 Å². The summed E-state index contributed by atoms with van der Waals surface area (Å²) in [5, 5.41) is 87.8. The summed E-state index contributed by atoms with van der Waals surface area (Å²) in [6.07, 6.45) is 83.5. The number of hydrogen-bond donors (Lipinski definition) is 9. The van der Waals surface area contributed by atoms with Crippen molar-refractivity contribution in [1.29, 1.82) is 0 Å². The predicted octanol–water partition coefficient (Wildman–Crippen LogP) is 19.6. The maximum Gasteiger partial charge on any atom is 0.220 e. The highest BCUT2D eigenvalue weighted by Gasteiger charge is 2.51. The van der Waals surface area contributed by atoms with Crippen molar-refractivity contribution in [2.45, 2.75) is 428 Å². The predicted molar refractivity (Wildman–Crippen MR) is 419 cm³/mol. The van der Waals surface area contributed by atoms with Gasteiger partial charge in [0.25, 0.3) is 0 Å². The molecule has 2 aliphatic heterocycles. The standard InChI is InChI=1S/C87H155NO13/c1-3-5-7-9-11-13-15-17-19-21-23-25-27-29-31-33-35-37-38-39-41-43-45-47-49-51-53-55-57-59-61-63-65-67-69-71-79(92)88-75(74-98-86-84(97)82(95)85(78(73-90)100-86)101-87-83(96)81(94)80(93)77(72-89)99-87)76(91)70-68-66-64-62-60-58-56-54-52-50-48-46-44-42-40-36-34-32-30-28-26-24-22-20-18-16-14-12-10-8-6-4-2/h5,7,11,13,17,19,23,25,29,31,35,37,39,41,68,70,75-78,80-87,89-91,93-97H,3-4,6,8-10,12,14-16,18,20-22,24,26-28,30,32-34,36,38,40,42-67,69,71-74H2,1-2H3,(H,88,92)/b7-5-,13-11-,19-17-,25-23-,31-29-,37-35-,41-39-,70-68+. The molecule has 2 rings (SSSR count). The maximum absolute atomic E-state index is 13.4. The van der Waals surface area contributed by atoms with E-state index >= 15 is 0 Å². The van der Waals surface area contributed by atoms with Crippen LogP contribution in [0.25, 0.3) is 0 Å². The van der Waals surface area contributed by atoms with Gasteiger partial charge in [0, 0.05) is 6.42 Å². The Morgan fingerprint density at radius 3 is 1.05 bits per heavy atom. The molecule has 2 fully saturated rings. The first-order chi connectivity index (χ1) is 49.6. The molecule has 0 aromatic rings. The zero-order valence-corrected chi connectivity index (χ0v) is 64.4. The fraction of sp³-hybridized carbons (Fsp3) is 0.805. The van der Waals surface area contributed by atoms with Gasteiger partial charge in [-0.2, -0.15) is 0 Å². The Balaban J connectivity index is 1.61. The Bertz CT molecular complexity index is 2070. The lowest BCUT2D eigenvalue weighted by Crippen LogP contribution is -2.65. The molecule has 0 saturated carbocycles. The molecule has 0 spiro atoms. The number of unbranched alkanes of at least 4 members (excludes halogenated alkanes) is 43. The van der Waals surface area contributed by atoms with Gasteiger partial charge in [-0.05, 0) is 77.0 Å². The van der Waals surface area contributed by atoms with Gasteiger partial charge in [-0.1, -0.05) is 368 Å². The monoisotopic (exact) mass is 1420 g/mol. The minimum Gasteiger partial charge on any atom is -0.394 e. The average Bonchev–Trinajstić information content (AvgIpc) is 0.791. The van der Waals surface area contributed by atoms with Crippen LogP contribution in [0.3, 0.4) is 0 Å². The highest BCUT2D eigenvalue weighted by Crippen LogP contribution is 2.30. The molecule has 0 aliphatic carbocycles. The number of carbonyl (C=O) groups is 1. The van der Waals surface area contributed by atoms with Gasteiger partial charge in [0.15, 0.2) is 12.6 Å². The van der Waals surface area contributed by atoms with E-state index in [9.17, 15) is 45.6 Å². The van der Waals surface area contributed by atoms with Crippen molar-refractivity contribution in [3.05, 3.63) is 97.2 Å². The first-order valence-corrected chi connectivity index (χ1v) is 42.0. The van der Waals surface area contributed by atoms with E-state index in [1.54, 1.807) is 6.08 Å². The van der Waals surface area contributed by atoms with Crippen LogP contribution in [-0.2, 0) is 23.7 Å². The van der Waals surface area contributed by atoms with E-state index in [1.807, 2.05) is 6.08 Å². The first-order valence-electron chi connectivity index (χ1n) is 42.0. The first kappa shape index (κ1) is 94.0. The highest BCUT2D eigenvalue weighted by atomic mass is 16.7. The number of rotatable bonds is 70. The lowest BCUT2D eigenvalue weighted by atomic mass is 9.97. The SMILES string of the molecule is CC/C=C\C/C=C\C/C=C\C/C=C\C/C=C\C/C=C\C/C=C\CCCCCCCCCCCCCCCC(=O)NC(COC1OC(CO)C(OC2OC(CO)C(O)C(O)C2O)C(O)C1O)C(O)/C=C/CCCCCCCCCCCCCCCCCCCCCCCCCCCCCCCC. The molecule has 586 valence electrons. The molecule has 14 heteroatoms. The van der Waals surface area contributed by atoms with Gasteiger partial charge in [0.2, 0.25) is 5.91 Å². The molecular weight excluding hydrogens is 1270 g/mol. The third-order valence-electron chi connectivity index (χ3n) is 20.0. The lowest BCUT2D eigenvalue weighted by molar-refractivity contribution is -0.359. The number of aliphatic hydroxyl groups excluding tert-OH is 8. The molecule has 9 N–H and O–H groups in total. The van der Waals surface area contributed by atoms with Gasteiger partial charge in [-0.25, -0.2) is 0 Å². The van der Waals surface area contributed by atoms with Gasteiger partial charge < -0.3 is 65.1 Å². The number of allylic oxidation sites excluding steroid dienone is 15. The Morgan fingerprint density at radius 2 is 0.683 bits per heavy atom. The number of nitrogens with one attached hydrogen (secondary N) is 1. The van der Waals surface area contributed by atoms with Gasteiger partial charge in [-0.15, -0.1) is 0 Å². The molecule has 0 aromatic heterocycles. The third kappa shape index (κ3) is 52.5. The van der Waals surface area contributed by atoms with Gasteiger partial charge in [0.05, 0.1) is 32.0 Å². The van der Waals surface area contributed by atoms with Crippen LogP contribution in [-0.4, -0.2) is 140 Å². The van der Waals surface area contributed by atoms with Crippen molar-refractivity contribution in [3.63, 3.8) is 0 Å². The number of amides is 1. The molecule has 101 heavy (non-hydrogen) atoms. The molecule has 2 heterocycles. The Hall–Kier alpha value is -3.09. The van der Waals surface area contributed by atoms with E-state index in [0.29, 0.717) is 6.42 Å². The van der Waals surface area contributed by atoms with E-state index in [0.717, 1.165) is 89.9 Å². The summed E-state index contributed by atoms with van der Waals surface area (Å²) in [5.74, 6) is -0.239. The van der Waals surface area contributed by atoms with Crippen LogP contribution in [0, 0.1) is 0 Å². The smallest absolute Gasteiger partial charge is 0.220 e. The van der Waals surface area contributed by atoms with Crippen LogP contribution in [0.15, 0.2) is 97.2 Å². The van der Waals surface area contributed by atoms with Gasteiger partial charge >= 0.3 is 0 Å². The fourth-order valence-electron chi connectivity index (χ4n) is 13.5. The fourth-order valence-corrected chi connectivity index (χ4v) is 13.5. The second-order valence-electron chi connectivity index (χ2n) is 29.2. The topological polar surface area (TPSA) is 228 Å². The van der Waals surface area contributed by atoms with Crippen molar-refractivity contribution in [2.75, 3.05) is 19.8 Å². The molecule has 0 radical (unpaired) electrons. The second-order valence-corrected chi connectivity index (χ2v) is 29.2. The molecule has 1 amide bonds.